The number of allylic oxidation sites excluding steroid dienone is 2. The Balaban J connectivity index is 2.15. The molecule has 0 saturated heterocycles. The van der Waals surface area contributed by atoms with Crippen LogP contribution in [0.4, 0.5) is 0 Å². The van der Waals surface area contributed by atoms with Gasteiger partial charge in [-0.1, -0.05) is 54.3 Å². The zero-order chi connectivity index (χ0) is 12.8. The van der Waals surface area contributed by atoms with Crippen LogP contribution in [0.5, 0.6) is 0 Å². The lowest BCUT2D eigenvalue weighted by Gasteiger charge is -2.21. The van der Waals surface area contributed by atoms with Gasteiger partial charge in [-0.15, -0.1) is 0 Å². The third-order valence-electron chi connectivity index (χ3n) is 2.89. The van der Waals surface area contributed by atoms with Gasteiger partial charge in [-0.05, 0) is 18.6 Å². The van der Waals surface area contributed by atoms with E-state index in [1.165, 1.54) is 0 Å². The molecule has 1 aliphatic rings. The first-order valence-corrected chi connectivity index (χ1v) is 5.86. The Bertz CT molecular complexity index is 529. The minimum Gasteiger partial charge on any atom is -0.480 e. The Morgan fingerprint density at radius 1 is 1.22 bits per heavy atom. The molecule has 0 atom stereocenters. The van der Waals surface area contributed by atoms with E-state index in [1.807, 2.05) is 42.5 Å². The molecule has 0 heterocycles. The zero-order valence-electron chi connectivity index (χ0n) is 9.97. The van der Waals surface area contributed by atoms with Crippen LogP contribution in [0.15, 0.2) is 54.6 Å². The van der Waals surface area contributed by atoms with Gasteiger partial charge in [0.25, 0.3) is 0 Å². The van der Waals surface area contributed by atoms with Gasteiger partial charge >= 0.3 is 5.97 Å². The summed E-state index contributed by atoms with van der Waals surface area (Å²) in [5.41, 5.74) is -0.0539. The number of carbonyl (C=O) groups is 1. The molecule has 0 spiro atoms. The monoisotopic (exact) mass is 238 g/mol. The highest BCUT2D eigenvalue weighted by Gasteiger charge is 2.32. The molecule has 0 aromatic heterocycles. The van der Waals surface area contributed by atoms with Crippen LogP contribution in [-0.2, 0) is 4.79 Å². The van der Waals surface area contributed by atoms with Crippen LogP contribution < -0.4 is 0 Å². The predicted molar refractivity (Wildman–Crippen MR) is 70.9 cm³/mol. The van der Waals surface area contributed by atoms with Crippen molar-refractivity contribution in [2.75, 3.05) is 0 Å². The molecule has 0 fully saturated rings. The lowest BCUT2D eigenvalue weighted by Crippen LogP contribution is -2.27. The molecular weight excluding hydrogens is 224 g/mol. The molecule has 0 radical (unpaired) electrons. The van der Waals surface area contributed by atoms with Gasteiger partial charge in [0.1, 0.15) is 5.41 Å². The Labute approximate surface area is 107 Å². The average Bonchev–Trinajstić information content (AvgIpc) is 2.41. The molecule has 2 rings (SSSR count). The largest absolute Gasteiger partial charge is 0.480 e. The molecule has 0 saturated carbocycles. The summed E-state index contributed by atoms with van der Waals surface area (Å²) in [7, 11) is 0. The minimum atomic E-state index is -0.958. The van der Waals surface area contributed by atoms with E-state index in [0.717, 1.165) is 12.0 Å². The lowest BCUT2D eigenvalue weighted by atomic mass is 9.81. The van der Waals surface area contributed by atoms with Gasteiger partial charge in [0.15, 0.2) is 0 Å². The minimum absolute atomic E-state index is 0.296. The Morgan fingerprint density at radius 2 is 1.89 bits per heavy atom. The summed E-state index contributed by atoms with van der Waals surface area (Å²) in [5, 5.41) is 9.32. The van der Waals surface area contributed by atoms with Crippen LogP contribution in [0.2, 0.25) is 0 Å². The van der Waals surface area contributed by atoms with Gasteiger partial charge in [-0.2, -0.15) is 0 Å². The molecule has 1 aromatic carbocycles. The van der Waals surface area contributed by atoms with Gasteiger partial charge in [0, 0.05) is 12.0 Å². The summed E-state index contributed by atoms with van der Waals surface area (Å²) in [5.74, 6) is 5.10. The molecule has 2 heteroatoms. The Hall–Kier alpha value is -2.27. The van der Waals surface area contributed by atoms with E-state index in [0.29, 0.717) is 6.42 Å². The smallest absolute Gasteiger partial charge is 0.318 e. The van der Waals surface area contributed by atoms with Crippen molar-refractivity contribution in [1.29, 1.82) is 0 Å². The first-order chi connectivity index (χ1) is 8.73. The van der Waals surface area contributed by atoms with E-state index >= 15 is 0 Å². The van der Waals surface area contributed by atoms with E-state index in [2.05, 4.69) is 11.8 Å². The second kappa shape index (κ2) is 5.37. The van der Waals surface area contributed by atoms with Crippen LogP contribution in [0, 0.1) is 17.3 Å². The third kappa shape index (κ3) is 2.70. The number of carboxylic acids is 1. The van der Waals surface area contributed by atoms with Crippen LogP contribution in [0.3, 0.4) is 0 Å². The summed E-state index contributed by atoms with van der Waals surface area (Å²) in [4.78, 5) is 11.3. The maximum atomic E-state index is 11.3. The maximum Gasteiger partial charge on any atom is 0.318 e. The fourth-order valence-electron chi connectivity index (χ4n) is 1.84. The molecule has 1 aliphatic carbocycles. The second-order valence-electron chi connectivity index (χ2n) is 4.23. The van der Waals surface area contributed by atoms with E-state index in [9.17, 15) is 9.90 Å². The van der Waals surface area contributed by atoms with Crippen molar-refractivity contribution >= 4 is 5.97 Å². The van der Waals surface area contributed by atoms with Gasteiger partial charge in [-0.25, -0.2) is 0 Å². The van der Waals surface area contributed by atoms with Gasteiger partial charge in [-0.3, -0.25) is 4.79 Å². The topological polar surface area (TPSA) is 37.3 Å². The summed E-state index contributed by atoms with van der Waals surface area (Å²) < 4.78 is 0. The standard InChI is InChI=1S/C16H14O2/c17-15(18)16(11-5-2-6-12-16)13-7-10-14-8-3-1-4-9-14/h1,3-6,8-9,11-12H,2,13H2,(H,17,18). The highest BCUT2D eigenvalue weighted by Crippen LogP contribution is 2.29. The summed E-state index contributed by atoms with van der Waals surface area (Å²) in [6.45, 7) is 0. The maximum absolute atomic E-state index is 11.3. The van der Waals surface area contributed by atoms with Gasteiger partial charge in [0.05, 0.1) is 0 Å². The fraction of sp³-hybridized carbons (Fsp3) is 0.188. The first kappa shape index (κ1) is 12.2. The summed E-state index contributed by atoms with van der Waals surface area (Å²) >= 11 is 0. The third-order valence-corrected chi connectivity index (χ3v) is 2.89. The molecule has 0 unspecified atom stereocenters. The molecule has 0 bridgehead atoms. The Kier molecular flexibility index (Phi) is 3.64. The number of benzene rings is 1. The van der Waals surface area contributed by atoms with Crippen molar-refractivity contribution in [3.05, 3.63) is 60.2 Å². The van der Waals surface area contributed by atoms with Crippen molar-refractivity contribution in [2.24, 2.45) is 5.41 Å². The second-order valence-corrected chi connectivity index (χ2v) is 4.23. The van der Waals surface area contributed by atoms with E-state index < -0.39 is 11.4 Å². The fourth-order valence-corrected chi connectivity index (χ4v) is 1.84. The highest BCUT2D eigenvalue weighted by atomic mass is 16.4. The zero-order valence-corrected chi connectivity index (χ0v) is 9.97. The van der Waals surface area contributed by atoms with Crippen LogP contribution >= 0.6 is 0 Å². The molecule has 2 nitrogen and oxygen atoms in total. The van der Waals surface area contributed by atoms with Crippen molar-refractivity contribution in [1.82, 2.24) is 0 Å². The molecule has 18 heavy (non-hydrogen) atoms. The summed E-state index contributed by atoms with van der Waals surface area (Å²) in [6.07, 6.45) is 8.30. The number of carboxylic acid groups (broad SMARTS) is 1. The number of rotatable bonds is 2. The van der Waals surface area contributed by atoms with Crippen LogP contribution in [0.25, 0.3) is 0 Å². The Morgan fingerprint density at radius 3 is 2.50 bits per heavy atom. The van der Waals surface area contributed by atoms with Crippen LogP contribution in [0.1, 0.15) is 18.4 Å². The van der Waals surface area contributed by atoms with E-state index in [1.54, 1.807) is 12.2 Å². The normalized spacial score (nSPS) is 15.8. The van der Waals surface area contributed by atoms with E-state index in [4.69, 9.17) is 0 Å². The molecule has 0 amide bonds. The van der Waals surface area contributed by atoms with Crippen molar-refractivity contribution in [3.8, 4) is 11.8 Å². The molecule has 1 N–H and O–H groups in total. The van der Waals surface area contributed by atoms with E-state index in [-0.39, 0.29) is 0 Å². The van der Waals surface area contributed by atoms with Crippen molar-refractivity contribution < 1.29 is 9.90 Å². The number of hydrogen-bond acceptors (Lipinski definition) is 1. The first-order valence-electron chi connectivity index (χ1n) is 5.86. The van der Waals surface area contributed by atoms with Crippen molar-refractivity contribution in [2.45, 2.75) is 12.8 Å². The van der Waals surface area contributed by atoms with Gasteiger partial charge < -0.3 is 5.11 Å². The molecule has 1 aromatic rings. The van der Waals surface area contributed by atoms with Gasteiger partial charge in [0.2, 0.25) is 0 Å². The van der Waals surface area contributed by atoms with Crippen LogP contribution in [-0.4, -0.2) is 11.1 Å². The van der Waals surface area contributed by atoms with Crippen molar-refractivity contribution in [3.63, 3.8) is 0 Å². The molecule has 0 aliphatic heterocycles. The lowest BCUT2D eigenvalue weighted by molar-refractivity contribution is -0.143. The average molecular weight is 238 g/mol. The number of aliphatic carboxylic acids is 1. The quantitative estimate of drug-likeness (QED) is 0.635. The SMILES string of the molecule is O=C(O)C1(CC#Cc2ccccc2)C=CCC=C1. The summed E-state index contributed by atoms with van der Waals surface area (Å²) in [6, 6.07) is 9.57. The highest BCUT2D eigenvalue weighted by molar-refractivity contribution is 5.80. The molecular formula is C16H14O2. The molecule has 90 valence electrons. The number of hydrogen-bond donors (Lipinski definition) is 1. The predicted octanol–water partition coefficient (Wildman–Crippen LogP) is 3.02.